The fourth-order valence-corrected chi connectivity index (χ4v) is 2.23. The molecule has 0 aromatic heterocycles. The fraction of sp³-hybridized carbons (Fsp3) is 0.474. The van der Waals surface area contributed by atoms with E-state index in [2.05, 4.69) is 11.9 Å². The molecule has 0 aliphatic heterocycles. The van der Waals surface area contributed by atoms with E-state index >= 15 is 0 Å². The molecule has 1 aromatic carbocycles. The van der Waals surface area contributed by atoms with Crippen molar-refractivity contribution >= 4 is 12.1 Å². The van der Waals surface area contributed by atoms with Gasteiger partial charge in [-0.15, -0.1) is 0 Å². The van der Waals surface area contributed by atoms with Crippen molar-refractivity contribution in [2.75, 3.05) is 0 Å². The first kappa shape index (κ1) is 19.7. The standard InChI is InChI=1S/C19H27NO4/c1-6-17(23-14(2)21)16(20-18(22)24-19(3,4)5)13-12-15-10-8-7-9-11-15/h6-11,16-17H,1,12-13H2,2-5H3,(H,20,22)/t16-,17+/m1/s1. The van der Waals surface area contributed by atoms with E-state index in [4.69, 9.17) is 9.47 Å². The van der Waals surface area contributed by atoms with Crippen molar-refractivity contribution < 1.29 is 19.1 Å². The molecular weight excluding hydrogens is 306 g/mol. The van der Waals surface area contributed by atoms with E-state index in [0.29, 0.717) is 6.42 Å². The van der Waals surface area contributed by atoms with Gasteiger partial charge in [0.25, 0.3) is 0 Å². The number of amides is 1. The van der Waals surface area contributed by atoms with E-state index in [-0.39, 0.29) is 0 Å². The number of esters is 1. The van der Waals surface area contributed by atoms with Crippen LogP contribution in [0.4, 0.5) is 4.79 Å². The third-order valence-electron chi connectivity index (χ3n) is 3.22. The van der Waals surface area contributed by atoms with Crippen molar-refractivity contribution in [1.82, 2.24) is 5.32 Å². The fourth-order valence-electron chi connectivity index (χ4n) is 2.23. The van der Waals surface area contributed by atoms with Crippen LogP contribution in [0.15, 0.2) is 43.0 Å². The summed E-state index contributed by atoms with van der Waals surface area (Å²) in [4.78, 5) is 23.4. The predicted molar refractivity (Wildman–Crippen MR) is 93.7 cm³/mol. The monoisotopic (exact) mass is 333 g/mol. The zero-order valence-corrected chi connectivity index (χ0v) is 14.9. The Morgan fingerprint density at radius 2 is 1.88 bits per heavy atom. The van der Waals surface area contributed by atoms with Crippen molar-refractivity contribution in [3.63, 3.8) is 0 Å². The third-order valence-corrected chi connectivity index (χ3v) is 3.22. The molecule has 5 heteroatoms. The average molecular weight is 333 g/mol. The summed E-state index contributed by atoms with van der Waals surface area (Å²) in [6, 6.07) is 9.48. The van der Waals surface area contributed by atoms with Gasteiger partial charge in [-0.25, -0.2) is 4.79 Å². The summed E-state index contributed by atoms with van der Waals surface area (Å²) in [6.07, 6.45) is 1.69. The highest BCUT2D eigenvalue weighted by Gasteiger charge is 2.26. The van der Waals surface area contributed by atoms with Gasteiger partial charge in [-0.1, -0.05) is 36.9 Å². The highest BCUT2D eigenvalue weighted by atomic mass is 16.6. The Morgan fingerprint density at radius 1 is 1.25 bits per heavy atom. The number of carbonyl (C=O) groups is 2. The Bertz CT molecular complexity index is 548. The summed E-state index contributed by atoms with van der Waals surface area (Å²) in [7, 11) is 0. The quantitative estimate of drug-likeness (QED) is 0.611. The number of ether oxygens (including phenoxy) is 2. The molecule has 24 heavy (non-hydrogen) atoms. The number of hydrogen-bond donors (Lipinski definition) is 1. The molecule has 0 fully saturated rings. The summed E-state index contributed by atoms with van der Waals surface area (Å²) in [5, 5.41) is 2.79. The number of hydrogen-bond acceptors (Lipinski definition) is 4. The molecule has 0 radical (unpaired) electrons. The second-order valence-electron chi connectivity index (χ2n) is 6.59. The average Bonchev–Trinajstić information content (AvgIpc) is 2.48. The van der Waals surface area contributed by atoms with Crippen molar-refractivity contribution in [3.8, 4) is 0 Å². The van der Waals surface area contributed by atoms with Crippen molar-refractivity contribution in [1.29, 1.82) is 0 Å². The summed E-state index contributed by atoms with van der Waals surface area (Å²) in [5.41, 5.74) is 0.540. The van der Waals surface area contributed by atoms with E-state index in [9.17, 15) is 9.59 Å². The molecule has 2 atom stereocenters. The maximum Gasteiger partial charge on any atom is 0.408 e. The van der Waals surface area contributed by atoms with E-state index in [1.807, 2.05) is 30.3 Å². The van der Waals surface area contributed by atoms with E-state index in [1.54, 1.807) is 20.8 Å². The first-order chi connectivity index (χ1) is 11.2. The third kappa shape index (κ3) is 7.81. The van der Waals surface area contributed by atoms with Crippen LogP contribution in [0.1, 0.15) is 39.7 Å². The first-order valence-corrected chi connectivity index (χ1v) is 8.04. The number of nitrogens with one attached hydrogen (secondary N) is 1. The van der Waals surface area contributed by atoms with Gasteiger partial charge in [0.05, 0.1) is 6.04 Å². The zero-order valence-electron chi connectivity index (χ0n) is 14.9. The molecule has 0 aliphatic rings. The molecule has 5 nitrogen and oxygen atoms in total. The lowest BCUT2D eigenvalue weighted by atomic mass is 10.0. The summed E-state index contributed by atoms with van der Waals surface area (Å²) in [5.74, 6) is -0.421. The Balaban J connectivity index is 2.79. The number of alkyl carbamates (subject to hydrolysis) is 1. The molecule has 0 spiro atoms. The molecule has 0 unspecified atom stereocenters. The Morgan fingerprint density at radius 3 is 2.38 bits per heavy atom. The molecular formula is C19H27NO4. The van der Waals surface area contributed by atoms with E-state index in [1.165, 1.54) is 13.0 Å². The number of carbonyl (C=O) groups excluding carboxylic acids is 2. The maximum absolute atomic E-state index is 12.1. The molecule has 1 N–H and O–H groups in total. The van der Waals surface area contributed by atoms with E-state index in [0.717, 1.165) is 12.0 Å². The van der Waals surface area contributed by atoms with Gasteiger partial charge in [-0.2, -0.15) is 0 Å². The van der Waals surface area contributed by atoms with Crippen LogP contribution in [0.2, 0.25) is 0 Å². The smallest absolute Gasteiger partial charge is 0.408 e. The molecule has 0 aliphatic carbocycles. The van der Waals surface area contributed by atoms with Crippen LogP contribution in [0.3, 0.4) is 0 Å². The minimum Gasteiger partial charge on any atom is -0.456 e. The van der Waals surface area contributed by atoms with Gasteiger partial charge in [0, 0.05) is 6.92 Å². The van der Waals surface area contributed by atoms with Gasteiger partial charge >= 0.3 is 12.1 Å². The highest BCUT2D eigenvalue weighted by Crippen LogP contribution is 2.13. The van der Waals surface area contributed by atoms with Crippen LogP contribution in [0.25, 0.3) is 0 Å². The lowest BCUT2D eigenvalue weighted by Gasteiger charge is -2.27. The normalized spacial score (nSPS) is 13.5. The first-order valence-electron chi connectivity index (χ1n) is 8.04. The summed E-state index contributed by atoms with van der Waals surface area (Å²) >= 11 is 0. The topological polar surface area (TPSA) is 64.6 Å². The highest BCUT2D eigenvalue weighted by molar-refractivity contribution is 5.69. The minimum absolute atomic E-state index is 0.415. The van der Waals surface area contributed by atoms with Crippen LogP contribution in [0, 0.1) is 0 Å². The van der Waals surface area contributed by atoms with Crippen molar-refractivity contribution in [2.45, 2.75) is 58.3 Å². The molecule has 0 bridgehead atoms. The number of rotatable bonds is 7. The zero-order chi connectivity index (χ0) is 18.2. The van der Waals surface area contributed by atoms with Gasteiger partial charge in [0.2, 0.25) is 0 Å². The number of benzene rings is 1. The Hall–Kier alpha value is -2.30. The molecule has 1 amide bonds. The lowest BCUT2D eigenvalue weighted by Crippen LogP contribution is -2.46. The molecule has 0 saturated carbocycles. The lowest BCUT2D eigenvalue weighted by molar-refractivity contribution is -0.145. The largest absolute Gasteiger partial charge is 0.456 e. The predicted octanol–water partition coefficient (Wildman–Crippen LogP) is 3.63. The second-order valence-corrected chi connectivity index (χ2v) is 6.59. The Kier molecular flexibility index (Phi) is 7.49. The molecule has 0 heterocycles. The number of aryl methyl sites for hydroxylation is 1. The van der Waals surface area contributed by atoms with Crippen LogP contribution >= 0.6 is 0 Å². The maximum atomic E-state index is 12.1. The van der Waals surface area contributed by atoms with Gasteiger partial charge in [0.1, 0.15) is 11.7 Å². The molecule has 1 aromatic rings. The SMILES string of the molecule is C=C[C@H](OC(C)=O)[C@@H](CCc1ccccc1)NC(=O)OC(C)(C)C. The summed E-state index contributed by atoms with van der Waals surface area (Å²) in [6.45, 7) is 10.4. The summed E-state index contributed by atoms with van der Waals surface area (Å²) < 4.78 is 10.5. The van der Waals surface area contributed by atoms with Crippen LogP contribution in [-0.2, 0) is 20.7 Å². The van der Waals surface area contributed by atoms with Crippen LogP contribution in [0.5, 0.6) is 0 Å². The van der Waals surface area contributed by atoms with Gasteiger partial charge in [-0.3, -0.25) is 4.79 Å². The van der Waals surface area contributed by atoms with Crippen LogP contribution in [-0.4, -0.2) is 29.8 Å². The van der Waals surface area contributed by atoms with Gasteiger partial charge < -0.3 is 14.8 Å². The Labute approximate surface area is 144 Å². The van der Waals surface area contributed by atoms with Crippen molar-refractivity contribution in [2.24, 2.45) is 0 Å². The van der Waals surface area contributed by atoms with Gasteiger partial charge in [-0.05, 0) is 45.3 Å². The van der Waals surface area contributed by atoms with E-state index < -0.39 is 29.8 Å². The van der Waals surface area contributed by atoms with Crippen molar-refractivity contribution in [3.05, 3.63) is 48.6 Å². The molecule has 132 valence electrons. The van der Waals surface area contributed by atoms with Gasteiger partial charge in [0.15, 0.2) is 0 Å². The minimum atomic E-state index is -0.612. The van der Waals surface area contributed by atoms with Crippen LogP contribution < -0.4 is 5.32 Å². The molecule has 1 rings (SSSR count). The second kappa shape index (κ2) is 9.11. The molecule has 0 saturated heterocycles.